The molecule has 1 N–H and O–H groups in total. The van der Waals surface area contributed by atoms with Crippen LogP contribution >= 0.6 is 11.3 Å². The van der Waals surface area contributed by atoms with Gasteiger partial charge in [0.1, 0.15) is 12.4 Å². The summed E-state index contributed by atoms with van der Waals surface area (Å²) >= 11 is 1.39. The fourth-order valence-corrected chi connectivity index (χ4v) is 5.95. The lowest BCUT2D eigenvalue weighted by Crippen LogP contribution is -2.30. The summed E-state index contributed by atoms with van der Waals surface area (Å²) in [5.74, 6) is -0.0929. The molecule has 1 aromatic heterocycles. The van der Waals surface area contributed by atoms with Crippen LogP contribution in [0.15, 0.2) is 70.4 Å². The number of ether oxygens (including phenoxy) is 1. The number of nitrogens with zero attached hydrogens (tertiary/aromatic N) is 2. The second-order valence-electron chi connectivity index (χ2n) is 8.42. The number of hydrogen-bond donors (Lipinski definition) is 1. The Morgan fingerprint density at radius 2 is 1.79 bits per heavy atom. The van der Waals surface area contributed by atoms with Gasteiger partial charge in [0, 0.05) is 17.6 Å². The zero-order valence-corrected chi connectivity index (χ0v) is 20.9. The third-order valence-electron chi connectivity index (χ3n) is 5.17. The zero-order valence-electron chi connectivity index (χ0n) is 19.2. The van der Waals surface area contributed by atoms with E-state index in [1.807, 2.05) is 53.0 Å². The molecule has 1 unspecified atom stereocenters. The maximum Gasteiger partial charge on any atom is 0.335 e. The Hall–Kier alpha value is -3.23. The number of aryl methyl sites for hydroxylation is 1. The summed E-state index contributed by atoms with van der Waals surface area (Å²) < 4.78 is 22.3. The minimum Gasteiger partial charge on any atom is -0.487 e. The third-order valence-corrected chi connectivity index (χ3v) is 7.77. The molecule has 0 saturated carbocycles. The summed E-state index contributed by atoms with van der Waals surface area (Å²) in [6.45, 7) is 6.88. The van der Waals surface area contributed by atoms with Crippen LogP contribution in [0.5, 0.6) is 5.75 Å². The molecule has 4 aromatic rings. The second kappa shape index (κ2) is 10.4. The van der Waals surface area contributed by atoms with E-state index in [2.05, 4.69) is 18.8 Å². The van der Waals surface area contributed by atoms with Crippen molar-refractivity contribution >= 4 is 44.8 Å². The number of carbonyl (C=O) groups is 1. The van der Waals surface area contributed by atoms with Gasteiger partial charge < -0.3 is 9.84 Å². The van der Waals surface area contributed by atoms with Crippen LogP contribution in [0.1, 0.15) is 35.5 Å². The Labute approximate surface area is 205 Å². The van der Waals surface area contributed by atoms with Crippen LogP contribution in [0.4, 0.5) is 5.69 Å². The predicted octanol–water partition coefficient (Wildman–Crippen LogP) is 6.07. The standard InChI is InChI=1S/C26H26N2O4S2/c1-17(2)14-28(34(31)26-27-18(3)16-33-26)23-12-21-6-4-5-7-22(21)13-24(23)32-15-19-8-10-20(11-9-19)25(29)30/h4-13,16-17H,14-15H2,1-3H3,(H,29,30). The van der Waals surface area contributed by atoms with Crippen LogP contribution in [-0.2, 0) is 17.6 Å². The number of rotatable bonds is 9. The van der Waals surface area contributed by atoms with Gasteiger partial charge in [-0.05, 0) is 53.4 Å². The molecular weight excluding hydrogens is 468 g/mol. The quantitative estimate of drug-likeness (QED) is 0.306. The van der Waals surface area contributed by atoms with Crippen LogP contribution in [0.3, 0.4) is 0 Å². The molecule has 3 aromatic carbocycles. The molecule has 1 heterocycles. The van der Waals surface area contributed by atoms with Crippen LogP contribution in [0, 0.1) is 12.8 Å². The minimum atomic E-state index is -1.49. The molecular formula is C26H26N2O4S2. The van der Waals surface area contributed by atoms with E-state index >= 15 is 0 Å². The molecule has 0 aliphatic rings. The van der Waals surface area contributed by atoms with Crippen molar-refractivity contribution in [2.24, 2.45) is 5.92 Å². The van der Waals surface area contributed by atoms with Gasteiger partial charge in [0.25, 0.3) is 0 Å². The van der Waals surface area contributed by atoms with Gasteiger partial charge >= 0.3 is 5.97 Å². The van der Waals surface area contributed by atoms with E-state index < -0.39 is 17.0 Å². The third kappa shape index (κ3) is 5.46. The lowest BCUT2D eigenvalue weighted by molar-refractivity contribution is 0.0697. The van der Waals surface area contributed by atoms with Crippen molar-refractivity contribution in [2.75, 3.05) is 10.8 Å². The van der Waals surface area contributed by atoms with Crippen LogP contribution in [0.25, 0.3) is 10.8 Å². The fourth-order valence-electron chi connectivity index (χ4n) is 3.52. The Bertz CT molecular complexity index is 1330. The van der Waals surface area contributed by atoms with Gasteiger partial charge in [-0.3, -0.25) is 4.31 Å². The Morgan fingerprint density at radius 3 is 2.38 bits per heavy atom. The van der Waals surface area contributed by atoms with Gasteiger partial charge in [0.2, 0.25) is 4.34 Å². The molecule has 8 heteroatoms. The summed E-state index contributed by atoms with van der Waals surface area (Å²) in [6, 6.07) is 18.6. The molecule has 176 valence electrons. The van der Waals surface area contributed by atoms with Crippen molar-refractivity contribution in [2.45, 2.75) is 31.7 Å². The van der Waals surface area contributed by atoms with Gasteiger partial charge in [0.05, 0.1) is 11.3 Å². The van der Waals surface area contributed by atoms with E-state index in [4.69, 9.17) is 9.84 Å². The van der Waals surface area contributed by atoms with E-state index in [9.17, 15) is 9.00 Å². The van der Waals surface area contributed by atoms with Crippen molar-refractivity contribution in [1.29, 1.82) is 0 Å². The average molecular weight is 495 g/mol. The molecule has 0 aliphatic heterocycles. The SMILES string of the molecule is Cc1csc(S(=O)N(CC(C)C)c2cc3ccccc3cc2OCc2ccc(C(=O)O)cc2)n1. The summed E-state index contributed by atoms with van der Waals surface area (Å²) in [7, 11) is -1.49. The number of aromatic carboxylic acids is 1. The highest BCUT2D eigenvalue weighted by molar-refractivity contribution is 7.88. The van der Waals surface area contributed by atoms with Gasteiger partial charge in [-0.25, -0.2) is 14.0 Å². The molecule has 1 atom stereocenters. The molecule has 0 saturated heterocycles. The first-order chi connectivity index (χ1) is 16.3. The molecule has 0 fully saturated rings. The maximum atomic E-state index is 13.6. The van der Waals surface area contributed by atoms with Crippen LogP contribution in [0.2, 0.25) is 0 Å². The van der Waals surface area contributed by atoms with Crippen molar-refractivity contribution in [3.63, 3.8) is 0 Å². The van der Waals surface area contributed by atoms with Crippen molar-refractivity contribution in [3.8, 4) is 5.75 Å². The highest BCUT2D eigenvalue weighted by atomic mass is 32.2. The van der Waals surface area contributed by atoms with E-state index in [0.29, 0.717) is 16.6 Å². The zero-order chi connectivity index (χ0) is 24.2. The molecule has 4 rings (SSSR count). The highest BCUT2D eigenvalue weighted by Crippen LogP contribution is 2.37. The van der Waals surface area contributed by atoms with Crippen molar-refractivity contribution in [1.82, 2.24) is 4.98 Å². The first kappa shape index (κ1) is 23.9. The molecule has 34 heavy (non-hydrogen) atoms. The van der Waals surface area contributed by atoms with E-state index in [-0.39, 0.29) is 18.1 Å². The average Bonchev–Trinajstić information content (AvgIpc) is 3.26. The lowest BCUT2D eigenvalue weighted by Gasteiger charge is -2.27. The minimum absolute atomic E-state index is 0.229. The summed E-state index contributed by atoms with van der Waals surface area (Å²) in [5, 5.41) is 13.1. The van der Waals surface area contributed by atoms with Crippen molar-refractivity contribution in [3.05, 3.63) is 82.9 Å². The first-order valence-corrected chi connectivity index (χ1v) is 12.9. The second-order valence-corrected chi connectivity index (χ2v) is 10.9. The summed E-state index contributed by atoms with van der Waals surface area (Å²) in [4.78, 5) is 15.6. The van der Waals surface area contributed by atoms with E-state index in [1.165, 1.54) is 11.3 Å². The summed E-state index contributed by atoms with van der Waals surface area (Å²) in [5.41, 5.74) is 2.65. The lowest BCUT2D eigenvalue weighted by atomic mass is 10.1. The number of hydrogen-bond acceptors (Lipinski definition) is 5. The fraction of sp³-hybridized carbons (Fsp3) is 0.231. The predicted molar refractivity (Wildman–Crippen MR) is 137 cm³/mol. The molecule has 0 aliphatic carbocycles. The number of benzene rings is 3. The number of aromatic nitrogens is 1. The van der Waals surface area contributed by atoms with Crippen molar-refractivity contribution < 1.29 is 18.8 Å². The normalized spacial score (nSPS) is 12.1. The first-order valence-electron chi connectivity index (χ1n) is 10.9. The summed E-state index contributed by atoms with van der Waals surface area (Å²) in [6.07, 6.45) is 0. The molecule has 0 spiro atoms. The largest absolute Gasteiger partial charge is 0.487 e. The van der Waals surface area contributed by atoms with E-state index in [0.717, 1.165) is 27.7 Å². The smallest absolute Gasteiger partial charge is 0.335 e. The molecule has 6 nitrogen and oxygen atoms in total. The van der Waals surface area contributed by atoms with E-state index in [1.54, 1.807) is 24.3 Å². The molecule has 0 amide bonds. The number of thiazole rings is 1. The number of carboxylic acid groups (broad SMARTS) is 1. The Kier molecular flexibility index (Phi) is 7.29. The van der Waals surface area contributed by atoms with Gasteiger partial charge in [-0.1, -0.05) is 50.2 Å². The topological polar surface area (TPSA) is 79.7 Å². The monoisotopic (exact) mass is 494 g/mol. The Balaban J connectivity index is 1.73. The van der Waals surface area contributed by atoms with Crippen LogP contribution in [-0.4, -0.2) is 26.8 Å². The molecule has 0 radical (unpaired) electrons. The number of fused-ring (bicyclic) bond motifs is 1. The van der Waals surface area contributed by atoms with Gasteiger partial charge in [0.15, 0.2) is 11.0 Å². The van der Waals surface area contributed by atoms with Gasteiger partial charge in [-0.2, -0.15) is 0 Å². The van der Waals surface area contributed by atoms with Gasteiger partial charge in [-0.15, -0.1) is 11.3 Å². The number of carboxylic acids is 1. The van der Waals surface area contributed by atoms with Crippen LogP contribution < -0.4 is 9.04 Å². The molecule has 0 bridgehead atoms. The number of anilines is 1. The maximum absolute atomic E-state index is 13.6. The highest BCUT2D eigenvalue weighted by Gasteiger charge is 2.24. The Morgan fingerprint density at radius 1 is 1.12 bits per heavy atom.